The van der Waals surface area contributed by atoms with Crippen molar-refractivity contribution >= 4 is 34.4 Å². The van der Waals surface area contributed by atoms with Crippen molar-refractivity contribution in [2.24, 2.45) is 0 Å². The molecule has 0 saturated carbocycles. The zero-order valence-electron chi connectivity index (χ0n) is 13.4. The molecule has 0 bridgehead atoms. The second kappa shape index (κ2) is 6.81. The summed E-state index contributed by atoms with van der Waals surface area (Å²) < 4.78 is 1.71. The van der Waals surface area contributed by atoms with Gasteiger partial charge in [0.25, 0.3) is 5.91 Å². The van der Waals surface area contributed by atoms with Crippen molar-refractivity contribution in [3.63, 3.8) is 0 Å². The van der Waals surface area contributed by atoms with Crippen LogP contribution in [0.5, 0.6) is 0 Å². The second-order valence-electron chi connectivity index (χ2n) is 5.41. The van der Waals surface area contributed by atoms with Crippen molar-refractivity contribution in [1.29, 1.82) is 0 Å². The van der Waals surface area contributed by atoms with Gasteiger partial charge >= 0.3 is 0 Å². The molecule has 0 aliphatic carbocycles. The summed E-state index contributed by atoms with van der Waals surface area (Å²) in [6.45, 7) is 0. The van der Waals surface area contributed by atoms with Crippen LogP contribution in [0, 0.1) is 0 Å². The zero-order valence-corrected chi connectivity index (χ0v) is 14.2. The topological polar surface area (TPSA) is 84.7 Å². The maximum Gasteiger partial charge on any atom is 0.271 e. The highest BCUT2D eigenvalue weighted by molar-refractivity contribution is 6.33. The van der Waals surface area contributed by atoms with E-state index < -0.39 is 0 Å². The summed E-state index contributed by atoms with van der Waals surface area (Å²) in [6, 6.07) is 16.4. The van der Waals surface area contributed by atoms with Crippen LogP contribution in [0.1, 0.15) is 10.4 Å². The number of hydrogen-bond acceptors (Lipinski definition) is 5. The Bertz CT molecular complexity index is 1080. The van der Waals surface area contributed by atoms with Gasteiger partial charge in [0.15, 0.2) is 11.5 Å². The van der Waals surface area contributed by atoms with E-state index in [1.54, 1.807) is 35.1 Å². The first kappa shape index (κ1) is 16.0. The van der Waals surface area contributed by atoms with Crippen LogP contribution in [0.25, 0.3) is 16.7 Å². The number of halogens is 1. The quantitative estimate of drug-likeness (QED) is 0.543. The molecule has 0 radical (unpaired) electrons. The van der Waals surface area contributed by atoms with Gasteiger partial charge in [-0.25, -0.2) is 14.6 Å². The Labute approximate surface area is 153 Å². The molecule has 0 aliphatic heterocycles. The molecular weight excluding hydrogens is 352 g/mol. The summed E-state index contributed by atoms with van der Waals surface area (Å²) >= 11 is 6.04. The lowest BCUT2D eigenvalue weighted by Gasteiger charge is -2.09. The first-order chi connectivity index (χ1) is 12.7. The van der Waals surface area contributed by atoms with Gasteiger partial charge in [0.1, 0.15) is 6.33 Å². The molecule has 128 valence electrons. The highest BCUT2D eigenvalue weighted by Crippen LogP contribution is 2.21. The number of para-hydroxylation sites is 1. The molecular formula is C18H13ClN6O. The van der Waals surface area contributed by atoms with Crippen LogP contribution in [0.15, 0.2) is 67.1 Å². The van der Waals surface area contributed by atoms with E-state index in [9.17, 15) is 4.79 Å². The molecule has 7 nitrogen and oxygen atoms in total. The van der Waals surface area contributed by atoms with Crippen molar-refractivity contribution in [3.8, 4) is 5.69 Å². The molecule has 2 aromatic carbocycles. The predicted octanol–water partition coefficient (Wildman–Crippen LogP) is 3.23. The third-order valence-corrected chi connectivity index (χ3v) is 4.11. The number of carbonyl (C=O) groups is 1. The summed E-state index contributed by atoms with van der Waals surface area (Å²) in [5.41, 5.74) is 7.29. The Morgan fingerprint density at radius 3 is 2.58 bits per heavy atom. The fourth-order valence-corrected chi connectivity index (χ4v) is 2.75. The molecule has 0 atom stereocenters. The first-order valence-electron chi connectivity index (χ1n) is 7.79. The van der Waals surface area contributed by atoms with Crippen molar-refractivity contribution < 1.29 is 4.79 Å². The van der Waals surface area contributed by atoms with E-state index in [2.05, 4.69) is 25.9 Å². The number of benzene rings is 2. The van der Waals surface area contributed by atoms with E-state index in [4.69, 9.17) is 11.6 Å². The number of anilines is 1. The third-order valence-electron chi connectivity index (χ3n) is 3.78. The number of nitrogens with one attached hydrogen (secondary N) is 2. The standard InChI is InChI=1S/C18H13ClN6O/c19-15-9-5-4-8-13(15)18(26)24-23-16-14-10-22-25(17(14)21-11-20-16)12-6-2-1-3-7-12/h1-11H,(H,24,26)(H,20,21,23). The van der Waals surface area contributed by atoms with E-state index in [0.717, 1.165) is 5.69 Å². The molecule has 4 rings (SSSR count). The number of hydrogen-bond donors (Lipinski definition) is 2. The summed E-state index contributed by atoms with van der Waals surface area (Å²) in [5, 5.41) is 5.41. The van der Waals surface area contributed by atoms with Crippen molar-refractivity contribution in [1.82, 2.24) is 25.2 Å². The molecule has 2 N–H and O–H groups in total. The van der Waals surface area contributed by atoms with Gasteiger partial charge in [-0.15, -0.1) is 0 Å². The highest BCUT2D eigenvalue weighted by atomic mass is 35.5. The van der Waals surface area contributed by atoms with Crippen LogP contribution in [0.3, 0.4) is 0 Å². The van der Waals surface area contributed by atoms with Gasteiger partial charge < -0.3 is 0 Å². The smallest absolute Gasteiger partial charge is 0.271 e. The number of amides is 1. The van der Waals surface area contributed by atoms with Crippen LogP contribution in [0.2, 0.25) is 5.02 Å². The zero-order chi connectivity index (χ0) is 17.9. The molecule has 0 spiro atoms. The Hall–Kier alpha value is -3.45. The van der Waals surface area contributed by atoms with Gasteiger partial charge in [-0.05, 0) is 24.3 Å². The Balaban J connectivity index is 1.61. The number of nitrogens with zero attached hydrogens (tertiary/aromatic N) is 4. The summed E-state index contributed by atoms with van der Waals surface area (Å²) in [4.78, 5) is 20.8. The van der Waals surface area contributed by atoms with Crippen molar-refractivity contribution in [2.45, 2.75) is 0 Å². The maximum atomic E-state index is 12.3. The fourth-order valence-electron chi connectivity index (χ4n) is 2.53. The van der Waals surface area contributed by atoms with Crippen molar-refractivity contribution in [3.05, 3.63) is 77.7 Å². The van der Waals surface area contributed by atoms with Crippen molar-refractivity contribution in [2.75, 3.05) is 5.43 Å². The van der Waals surface area contributed by atoms with Crippen LogP contribution in [-0.4, -0.2) is 25.7 Å². The number of carbonyl (C=O) groups excluding carboxylic acids is 1. The predicted molar refractivity (Wildman–Crippen MR) is 99.2 cm³/mol. The average molecular weight is 365 g/mol. The molecule has 0 saturated heterocycles. The van der Waals surface area contributed by atoms with Crippen LogP contribution >= 0.6 is 11.6 Å². The van der Waals surface area contributed by atoms with E-state index >= 15 is 0 Å². The van der Waals surface area contributed by atoms with Crippen LogP contribution < -0.4 is 10.9 Å². The molecule has 0 aliphatic rings. The summed E-state index contributed by atoms with van der Waals surface area (Å²) in [7, 11) is 0. The highest BCUT2D eigenvalue weighted by Gasteiger charge is 2.13. The molecule has 26 heavy (non-hydrogen) atoms. The van der Waals surface area contributed by atoms with Crippen LogP contribution in [-0.2, 0) is 0 Å². The number of rotatable bonds is 4. The lowest BCUT2D eigenvalue weighted by molar-refractivity contribution is 0.0962. The molecule has 2 aromatic heterocycles. The van der Waals surface area contributed by atoms with E-state index in [1.807, 2.05) is 30.3 Å². The largest absolute Gasteiger partial charge is 0.281 e. The van der Waals surface area contributed by atoms with Gasteiger partial charge in [0, 0.05) is 0 Å². The number of fused-ring (bicyclic) bond motifs is 1. The maximum absolute atomic E-state index is 12.3. The Kier molecular flexibility index (Phi) is 4.20. The molecule has 0 unspecified atom stereocenters. The summed E-state index contributed by atoms with van der Waals surface area (Å²) in [6.07, 6.45) is 3.06. The third kappa shape index (κ3) is 2.96. The number of hydrazine groups is 1. The molecule has 1 amide bonds. The molecule has 4 aromatic rings. The number of aromatic nitrogens is 4. The summed E-state index contributed by atoms with van der Waals surface area (Å²) in [5.74, 6) is 0.0791. The molecule has 8 heteroatoms. The van der Waals surface area contributed by atoms with Gasteiger partial charge in [-0.3, -0.25) is 15.6 Å². The average Bonchev–Trinajstić information content (AvgIpc) is 3.12. The van der Waals surface area contributed by atoms with Gasteiger partial charge in [0.05, 0.1) is 27.9 Å². The van der Waals surface area contributed by atoms with E-state index in [0.29, 0.717) is 27.4 Å². The molecule has 0 fully saturated rings. The van der Waals surface area contributed by atoms with E-state index in [-0.39, 0.29) is 5.91 Å². The van der Waals surface area contributed by atoms with Gasteiger partial charge in [-0.2, -0.15) is 5.10 Å². The van der Waals surface area contributed by atoms with Crippen LogP contribution in [0.4, 0.5) is 5.82 Å². The van der Waals surface area contributed by atoms with Gasteiger partial charge in [-0.1, -0.05) is 41.9 Å². The van der Waals surface area contributed by atoms with Gasteiger partial charge in [0.2, 0.25) is 0 Å². The Morgan fingerprint density at radius 2 is 1.77 bits per heavy atom. The minimum absolute atomic E-state index is 0.363. The second-order valence-corrected chi connectivity index (χ2v) is 5.82. The molecule has 2 heterocycles. The lowest BCUT2D eigenvalue weighted by Crippen LogP contribution is -2.30. The normalized spacial score (nSPS) is 10.7. The SMILES string of the molecule is O=C(NNc1ncnc2c1cnn2-c1ccccc1)c1ccccc1Cl. The van der Waals surface area contributed by atoms with E-state index in [1.165, 1.54) is 6.33 Å². The lowest BCUT2D eigenvalue weighted by atomic mass is 10.2. The Morgan fingerprint density at radius 1 is 1.00 bits per heavy atom. The minimum Gasteiger partial charge on any atom is -0.281 e. The minimum atomic E-state index is -0.363. The fraction of sp³-hybridized carbons (Fsp3) is 0. The first-order valence-corrected chi connectivity index (χ1v) is 8.17. The monoisotopic (exact) mass is 364 g/mol.